The molecule has 0 nitrogen and oxygen atoms in total. The minimum Gasteiger partial charge on any atom is -0.0673 e. The van der Waals surface area contributed by atoms with Crippen LogP contribution < -0.4 is 5.19 Å². The molecule has 0 aliphatic carbocycles. The maximum absolute atomic E-state index is 3.61. The highest BCUT2D eigenvalue weighted by Gasteiger charge is 2.07. The van der Waals surface area contributed by atoms with Crippen molar-refractivity contribution in [2.75, 3.05) is 0 Å². The van der Waals surface area contributed by atoms with Gasteiger partial charge in [0, 0.05) is 0 Å². The first-order chi connectivity index (χ1) is 17.3. The molecule has 35 heavy (non-hydrogen) atoms. The third-order valence-electron chi connectivity index (χ3n) is 6.01. The van der Waals surface area contributed by atoms with E-state index in [1.54, 1.807) is 0 Å². The summed E-state index contributed by atoms with van der Waals surface area (Å²) in [4.78, 5) is 0. The first-order valence-electron chi connectivity index (χ1n) is 11.8. The molecule has 165 valence electrons. The maximum Gasteiger partial charge on any atom is 0.0711 e. The fraction of sp³-hybridized carbons (Fsp3) is 0. The zero-order valence-corrected chi connectivity index (χ0v) is 20.4. The molecular formula is C34H25Si. The van der Waals surface area contributed by atoms with Gasteiger partial charge in [-0.1, -0.05) is 145 Å². The lowest BCUT2D eigenvalue weighted by Gasteiger charge is -2.11. The van der Waals surface area contributed by atoms with Gasteiger partial charge in [-0.25, -0.2) is 0 Å². The third-order valence-corrected chi connectivity index (χ3v) is 6.34. The Bertz CT molecular complexity index is 1390. The highest BCUT2D eigenvalue weighted by atomic mass is 28.1. The van der Waals surface area contributed by atoms with Crippen LogP contribution in [-0.4, -0.2) is 10.2 Å². The Morgan fingerprint density at radius 2 is 0.686 bits per heavy atom. The highest BCUT2D eigenvalue weighted by molar-refractivity contribution is 6.32. The summed E-state index contributed by atoms with van der Waals surface area (Å²) in [5, 5.41) is 1.07. The van der Waals surface area contributed by atoms with E-state index in [0.717, 1.165) is 5.19 Å². The quantitative estimate of drug-likeness (QED) is 0.180. The van der Waals surface area contributed by atoms with E-state index in [4.69, 9.17) is 0 Å². The van der Waals surface area contributed by atoms with Crippen LogP contribution in [0.5, 0.6) is 0 Å². The summed E-state index contributed by atoms with van der Waals surface area (Å²) >= 11 is 0. The van der Waals surface area contributed by atoms with Crippen LogP contribution >= 0.6 is 0 Å². The Morgan fingerprint density at radius 3 is 1.03 bits per heavy atom. The molecule has 0 spiro atoms. The summed E-state index contributed by atoms with van der Waals surface area (Å²) in [5.41, 5.74) is 9.59. The second-order valence-electron chi connectivity index (χ2n) is 8.46. The molecule has 5 aromatic carbocycles. The smallest absolute Gasteiger partial charge is 0.0673 e. The largest absolute Gasteiger partial charge is 0.0711 e. The Balaban J connectivity index is 1.52. The number of hydrogen-bond acceptors (Lipinski definition) is 0. The summed E-state index contributed by atoms with van der Waals surface area (Å²) in [6.07, 6.45) is 4.53. The monoisotopic (exact) mass is 461 g/mol. The lowest BCUT2D eigenvalue weighted by atomic mass is 9.94. The minimum atomic E-state index is 1.07. The second-order valence-corrected chi connectivity index (χ2v) is 9.04. The van der Waals surface area contributed by atoms with Crippen LogP contribution in [-0.2, 0) is 0 Å². The van der Waals surface area contributed by atoms with Crippen molar-refractivity contribution in [2.45, 2.75) is 0 Å². The van der Waals surface area contributed by atoms with Crippen LogP contribution in [0.4, 0.5) is 0 Å². The molecule has 5 rings (SSSR count). The van der Waals surface area contributed by atoms with Crippen LogP contribution in [0.1, 0.15) is 33.4 Å². The molecule has 0 aliphatic rings. The molecule has 0 N–H and O–H groups in total. The maximum atomic E-state index is 3.61. The van der Waals surface area contributed by atoms with Gasteiger partial charge in [0.1, 0.15) is 0 Å². The molecule has 0 heterocycles. The van der Waals surface area contributed by atoms with Crippen molar-refractivity contribution in [1.82, 2.24) is 0 Å². The van der Waals surface area contributed by atoms with Crippen LogP contribution in [0, 0.1) is 0 Å². The first kappa shape index (κ1) is 22.6. The molecule has 0 fully saturated rings. The SMILES string of the molecule is [Si]c1ccc(C(=Cc2ccc(C=C(c3ccccc3)c3ccccc3)cc2)c2ccccc2)cc1. The van der Waals surface area contributed by atoms with Crippen LogP contribution in [0.25, 0.3) is 23.3 Å². The summed E-state index contributed by atoms with van der Waals surface area (Å²) in [5.74, 6) is 0. The molecule has 5 aromatic rings. The highest BCUT2D eigenvalue weighted by Crippen LogP contribution is 2.28. The van der Waals surface area contributed by atoms with E-state index in [0.29, 0.717) is 0 Å². The average molecular weight is 462 g/mol. The topological polar surface area (TPSA) is 0 Å². The Labute approximate surface area is 211 Å². The van der Waals surface area contributed by atoms with Crippen LogP contribution in [0.15, 0.2) is 140 Å². The molecule has 1 heteroatoms. The molecule has 0 bridgehead atoms. The lowest BCUT2D eigenvalue weighted by molar-refractivity contribution is 1.54. The van der Waals surface area contributed by atoms with Gasteiger partial charge in [0.2, 0.25) is 0 Å². The molecule has 0 saturated carbocycles. The van der Waals surface area contributed by atoms with Gasteiger partial charge in [0.05, 0.1) is 10.2 Å². The summed E-state index contributed by atoms with van der Waals surface area (Å²) in [7, 11) is 3.61. The lowest BCUT2D eigenvalue weighted by Crippen LogP contribution is -2.00. The van der Waals surface area contributed by atoms with Crippen molar-refractivity contribution in [3.05, 3.63) is 173 Å². The van der Waals surface area contributed by atoms with E-state index in [1.807, 2.05) is 0 Å². The van der Waals surface area contributed by atoms with Crippen molar-refractivity contribution >= 4 is 38.7 Å². The van der Waals surface area contributed by atoms with E-state index in [9.17, 15) is 0 Å². The van der Waals surface area contributed by atoms with Crippen molar-refractivity contribution in [2.24, 2.45) is 0 Å². The van der Waals surface area contributed by atoms with Crippen molar-refractivity contribution in [3.8, 4) is 0 Å². The molecule has 0 atom stereocenters. The summed E-state index contributed by atoms with van der Waals surface area (Å²) in [6.45, 7) is 0. The van der Waals surface area contributed by atoms with Gasteiger partial charge in [0.15, 0.2) is 0 Å². The third kappa shape index (κ3) is 5.66. The van der Waals surface area contributed by atoms with E-state index < -0.39 is 0 Å². The van der Waals surface area contributed by atoms with Gasteiger partial charge in [0.25, 0.3) is 0 Å². The van der Waals surface area contributed by atoms with Gasteiger partial charge in [-0.3, -0.25) is 0 Å². The molecular weight excluding hydrogens is 436 g/mol. The molecule has 0 saturated heterocycles. The fourth-order valence-electron chi connectivity index (χ4n) is 4.19. The van der Waals surface area contributed by atoms with Crippen LogP contribution in [0.3, 0.4) is 0 Å². The molecule has 3 radical (unpaired) electrons. The number of hydrogen-bond donors (Lipinski definition) is 0. The van der Waals surface area contributed by atoms with Crippen molar-refractivity contribution < 1.29 is 0 Å². The van der Waals surface area contributed by atoms with Gasteiger partial charge in [-0.15, -0.1) is 0 Å². The van der Waals surface area contributed by atoms with E-state index in [2.05, 4.69) is 162 Å². The average Bonchev–Trinajstić information content (AvgIpc) is 2.93. The van der Waals surface area contributed by atoms with Gasteiger partial charge < -0.3 is 0 Å². The molecule has 0 aliphatic heterocycles. The molecule has 0 amide bonds. The normalized spacial score (nSPS) is 11.2. The summed E-state index contributed by atoms with van der Waals surface area (Å²) < 4.78 is 0. The zero-order valence-electron chi connectivity index (χ0n) is 19.4. The Morgan fingerprint density at radius 1 is 0.371 bits per heavy atom. The van der Waals surface area contributed by atoms with Gasteiger partial charge >= 0.3 is 0 Å². The number of rotatable bonds is 6. The zero-order chi connectivity index (χ0) is 23.9. The van der Waals surface area contributed by atoms with Gasteiger partial charge in [-0.2, -0.15) is 0 Å². The number of benzene rings is 5. The fourth-order valence-corrected chi connectivity index (χ4v) is 4.36. The van der Waals surface area contributed by atoms with Crippen molar-refractivity contribution in [3.63, 3.8) is 0 Å². The standard InChI is InChI=1S/C34H25Si/c35-32-22-20-31(21-23-32)34(30-14-8-3-9-15-30)25-27-18-16-26(17-19-27)24-33(28-10-4-1-5-11-28)29-12-6-2-7-13-29/h1-25H. The Hall–Kier alpha value is -4.20. The van der Waals surface area contributed by atoms with Crippen LogP contribution in [0.2, 0.25) is 0 Å². The molecule has 0 aromatic heterocycles. The van der Waals surface area contributed by atoms with Gasteiger partial charge in [-0.05, 0) is 56.7 Å². The second kappa shape index (κ2) is 10.8. The van der Waals surface area contributed by atoms with E-state index in [1.165, 1.54) is 44.5 Å². The van der Waals surface area contributed by atoms with Crippen molar-refractivity contribution in [1.29, 1.82) is 0 Å². The Kier molecular flexibility index (Phi) is 6.98. The predicted octanol–water partition coefficient (Wildman–Crippen LogP) is 7.66. The molecule has 0 unspecified atom stereocenters. The van der Waals surface area contributed by atoms with E-state index >= 15 is 0 Å². The van der Waals surface area contributed by atoms with E-state index in [-0.39, 0.29) is 0 Å². The minimum absolute atomic E-state index is 1.07. The first-order valence-corrected chi connectivity index (χ1v) is 12.3. The predicted molar refractivity (Wildman–Crippen MR) is 152 cm³/mol. The summed E-state index contributed by atoms with van der Waals surface area (Å²) in [6, 6.07) is 49.0.